The van der Waals surface area contributed by atoms with Gasteiger partial charge >= 0.3 is 23.9 Å². The molecule has 0 spiro atoms. The Morgan fingerprint density at radius 1 is 0.684 bits per heavy atom. The van der Waals surface area contributed by atoms with Crippen LogP contribution in [-0.4, -0.2) is 196 Å². The SMILES string of the molecule is C=C(C)O[C@@H](C)C(=O)CS(=O)(=O)c1cc2c(s1)S(=O)(=O)N(CCCOC)C[C@@H]2NCC.CC(=O)O[C@@H](C)C(=O)O.CCN(C(=O)[C@H](C)OC(C)=O)[C@H]1CN(CCCOC)S(=O)(=O)c2sc(S(=O)(=O)CC(=O)[C@H](C)OC(C)=O)cc21. The number of ether oxygens (including phenoxy) is 6. The minimum atomic E-state index is -4.33. The van der Waals surface area contributed by atoms with Crippen LogP contribution in [0.1, 0.15) is 105 Å². The number of aliphatic carboxylic acids is 1. The predicted molar refractivity (Wildman–Crippen MR) is 286 cm³/mol. The zero-order valence-corrected chi connectivity index (χ0v) is 51.0. The second-order valence-electron chi connectivity index (χ2n) is 17.8. The fraction of sp³-hybridized carbons (Fsp3) is 0.638. The van der Waals surface area contributed by atoms with E-state index >= 15 is 0 Å². The Hall–Kier alpha value is -4.77. The van der Waals surface area contributed by atoms with Gasteiger partial charge < -0.3 is 43.7 Å². The van der Waals surface area contributed by atoms with Crippen LogP contribution in [0.4, 0.5) is 0 Å². The van der Waals surface area contributed by atoms with Gasteiger partial charge in [0.2, 0.25) is 0 Å². The Morgan fingerprint density at radius 2 is 1.09 bits per heavy atom. The van der Waals surface area contributed by atoms with Crippen molar-refractivity contribution >= 4 is 104 Å². The zero-order valence-electron chi connectivity index (χ0n) is 46.1. The molecule has 2 aromatic heterocycles. The molecule has 26 nitrogen and oxygen atoms in total. The molecule has 0 unspecified atom stereocenters. The molecule has 2 aliphatic rings. The number of sulfonamides is 2. The van der Waals surface area contributed by atoms with E-state index in [-0.39, 0.29) is 67.8 Å². The molecule has 1 amide bonds. The van der Waals surface area contributed by atoms with Crippen molar-refractivity contribution < 1.29 is 101 Å². The second-order valence-corrected chi connectivity index (χ2v) is 28.6. The maximum absolute atomic E-state index is 13.5. The van der Waals surface area contributed by atoms with Crippen LogP contribution in [0, 0.1) is 0 Å². The molecule has 2 aromatic rings. The van der Waals surface area contributed by atoms with Crippen molar-refractivity contribution in [1.82, 2.24) is 18.8 Å². The van der Waals surface area contributed by atoms with Crippen molar-refractivity contribution in [1.29, 1.82) is 0 Å². The molecule has 0 saturated heterocycles. The molecule has 2 N–H and O–H groups in total. The number of esters is 3. The summed E-state index contributed by atoms with van der Waals surface area (Å²) in [5.74, 6) is -6.70. The number of carboxylic acid groups (broad SMARTS) is 1. The first-order valence-electron chi connectivity index (χ1n) is 24.4. The molecule has 0 fully saturated rings. The lowest BCUT2D eigenvalue weighted by molar-refractivity contribution is -0.161. The smallest absolute Gasteiger partial charge is 0.344 e. The van der Waals surface area contributed by atoms with Crippen molar-refractivity contribution in [2.24, 2.45) is 0 Å². The molecule has 0 aromatic carbocycles. The van der Waals surface area contributed by atoms with E-state index in [1.807, 2.05) is 6.92 Å². The van der Waals surface area contributed by atoms with Gasteiger partial charge in [0, 0.05) is 98.1 Å². The third kappa shape index (κ3) is 20.0. The lowest BCUT2D eigenvalue weighted by atomic mass is 10.1. The minimum absolute atomic E-state index is 0.000578. The second kappa shape index (κ2) is 30.9. The number of thiophene rings is 2. The maximum atomic E-state index is 13.5. The third-order valence-electron chi connectivity index (χ3n) is 11.3. The number of hydrogen-bond donors (Lipinski definition) is 2. The lowest BCUT2D eigenvalue weighted by Crippen LogP contribution is -2.49. The number of methoxy groups -OCH3 is 2. The van der Waals surface area contributed by atoms with Crippen LogP contribution in [0.5, 0.6) is 0 Å². The summed E-state index contributed by atoms with van der Waals surface area (Å²) in [4.78, 5) is 81.9. The quantitative estimate of drug-likeness (QED) is 0.0562. The largest absolute Gasteiger partial charge is 0.488 e. The average molecular weight is 1240 g/mol. The Bertz CT molecular complexity index is 2970. The number of hydrogen-bond acceptors (Lipinski definition) is 24. The summed E-state index contributed by atoms with van der Waals surface area (Å²) < 4.78 is 136. The first-order chi connectivity index (χ1) is 36.5. The van der Waals surface area contributed by atoms with Gasteiger partial charge in [0.05, 0.1) is 11.8 Å². The standard InChI is InChI=1S/C23H34N2O11S3.C19H30N2O7S3.C5H8O4/c1-7-25(22(29)15(3)36-17(5)27)19-12-24(9-8-10-34-6)39(32,33)23-18(19)11-21(37-23)38(30,31)13-20(28)14(2)35-16(4)26;1-6-20-16-11-21(8-7-9-27-5)31(25,26)19-15(16)10-18(29-19)30(23,24)12-17(22)14(4)28-13(2)3;1-3(5(7)8)9-4(2)6/h11,14-15,19H,7-10,12-13H2,1-6H3;10,14,16,20H,2,6-9,11-12H2,1,3-5H3;3H,1-2H3,(H,7,8)/t14-,15-,19-;14-,16-;3-/m000/s1. The molecule has 0 saturated carbocycles. The van der Waals surface area contributed by atoms with Gasteiger partial charge in [-0.2, -0.15) is 8.61 Å². The van der Waals surface area contributed by atoms with Crippen LogP contribution < -0.4 is 5.32 Å². The molecule has 6 atom stereocenters. The van der Waals surface area contributed by atoms with Crippen molar-refractivity contribution in [3.63, 3.8) is 0 Å². The average Bonchev–Trinajstić information content (AvgIpc) is 4.03. The number of Topliss-reactive ketones (excluding diaryl/α,β-unsaturated/α-hetero) is 2. The number of allylic oxidation sites excluding steroid dienone is 1. The maximum Gasteiger partial charge on any atom is 0.344 e. The van der Waals surface area contributed by atoms with E-state index < -0.39 is 123 Å². The van der Waals surface area contributed by atoms with Crippen LogP contribution in [0.15, 0.2) is 41.3 Å². The van der Waals surface area contributed by atoms with Gasteiger partial charge in [-0.3, -0.25) is 28.8 Å². The monoisotopic (exact) mass is 1240 g/mol. The van der Waals surface area contributed by atoms with Gasteiger partial charge in [-0.15, -0.1) is 22.7 Å². The van der Waals surface area contributed by atoms with Crippen molar-refractivity contribution in [3.8, 4) is 0 Å². The summed E-state index contributed by atoms with van der Waals surface area (Å²) in [6.07, 6.45) is -3.60. The first kappa shape index (κ1) is 70.3. The van der Waals surface area contributed by atoms with E-state index in [0.29, 0.717) is 60.0 Å². The Kier molecular flexibility index (Phi) is 27.5. The third-order valence-corrected chi connectivity index (χ3v) is 22.8. The number of likely N-dealkylation sites (N-methyl/N-ethyl adjacent to an activating group) is 2. The van der Waals surface area contributed by atoms with E-state index in [1.54, 1.807) is 21.0 Å². The number of rotatable bonds is 27. The topological polar surface area (TPSA) is 353 Å². The Labute approximate surface area is 470 Å². The van der Waals surface area contributed by atoms with E-state index in [0.717, 1.165) is 18.2 Å². The summed E-state index contributed by atoms with van der Waals surface area (Å²) >= 11 is 1.18. The molecule has 79 heavy (non-hydrogen) atoms. The highest BCUT2D eigenvalue weighted by Gasteiger charge is 2.45. The van der Waals surface area contributed by atoms with Crippen LogP contribution in [0.2, 0.25) is 0 Å². The number of nitrogens with one attached hydrogen (secondary N) is 1. The summed E-state index contributed by atoms with van der Waals surface area (Å²) in [5.41, 5.74) is 0.513. The number of carbonyl (C=O) groups excluding carboxylic acids is 6. The first-order valence-corrected chi connectivity index (χ1v) is 32.2. The van der Waals surface area contributed by atoms with Gasteiger partial charge in [0.25, 0.3) is 26.0 Å². The number of amides is 1. The van der Waals surface area contributed by atoms with Gasteiger partial charge in [0.1, 0.15) is 28.3 Å². The molecule has 0 aliphatic carbocycles. The molecular formula is C47H72N4O22S6. The van der Waals surface area contributed by atoms with Gasteiger partial charge in [-0.25, -0.2) is 38.5 Å². The molecule has 0 radical (unpaired) electrons. The number of ketones is 2. The zero-order chi connectivity index (χ0) is 60.5. The Morgan fingerprint density at radius 3 is 1.48 bits per heavy atom. The van der Waals surface area contributed by atoms with Crippen LogP contribution >= 0.6 is 22.7 Å². The molecule has 32 heteroatoms. The molecule has 2 aliphatic heterocycles. The van der Waals surface area contributed by atoms with Crippen molar-refractivity contribution in [2.75, 3.05) is 78.2 Å². The molecule has 4 rings (SSSR count). The summed E-state index contributed by atoms with van der Waals surface area (Å²) in [6.45, 7) is 19.2. The molecular weight excluding hydrogens is 1160 g/mol. The summed E-state index contributed by atoms with van der Waals surface area (Å²) in [7, 11) is -13.3. The molecule has 4 heterocycles. The Balaban J connectivity index is 0.000000475. The predicted octanol–water partition coefficient (Wildman–Crippen LogP) is 2.67. The number of carbonyl (C=O) groups is 7. The summed E-state index contributed by atoms with van der Waals surface area (Å²) in [5, 5.41) is 11.4. The highest BCUT2D eigenvalue weighted by Crippen LogP contribution is 2.44. The number of nitrogens with zero attached hydrogens (tertiary/aromatic N) is 3. The van der Waals surface area contributed by atoms with Gasteiger partial charge in [-0.1, -0.05) is 13.5 Å². The summed E-state index contributed by atoms with van der Waals surface area (Å²) in [6, 6.07) is 1.31. The van der Waals surface area contributed by atoms with Crippen molar-refractivity contribution in [2.45, 2.75) is 135 Å². The lowest BCUT2D eigenvalue weighted by Gasteiger charge is -2.39. The van der Waals surface area contributed by atoms with Crippen LogP contribution in [0.25, 0.3) is 0 Å². The van der Waals surface area contributed by atoms with E-state index in [2.05, 4.69) is 16.6 Å². The highest BCUT2D eigenvalue weighted by molar-refractivity contribution is 7.96. The number of carboxylic acids is 1. The van der Waals surface area contributed by atoms with Gasteiger partial charge in [0.15, 0.2) is 55.7 Å². The van der Waals surface area contributed by atoms with Crippen LogP contribution in [-0.2, 0) is 102 Å². The minimum Gasteiger partial charge on any atom is -0.488 e. The fourth-order valence-corrected chi connectivity index (χ4v) is 18.2. The number of sulfone groups is 2. The van der Waals surface area contributed by atoms with Gasteiger partial charge in [-0.05, 0) is 73.1 Å². The normalized spacial score (nSPS) is 18.2. The van der Waals surface area contributed by atoms with E-state index in [4.69, 9.17) is 28.8 Å². The van der Waals surface area contributed by atoms with E-state index in [1.165, 1.54) is 63.1 Å². The molecule has 448 valence electrons. The number of fused-ring (bicyclic) bond motifs is 2. The van der Waals surface area contributed by atoms with Crippen molar-refractivity contribution in [3.05, 3.63) is 35.6 Å². The van der Waals surface area contributed by atoms with Crippen LogP contribution in [0.3, 0.4) is 0 Å². The molecule has 0 bridgehead atoms. The van der Waals surface area contributed by atoms with E-state index in [9.17, 15) is 67.2 Å². The highest BCUT2D eigenvalue weighted by atomic mass is 32.3. The fourth-order valence-electron chi connectivity index (χ4n) is 7.62.